The van der Waals surface area contributed by atoms with Gasteiger partial charge in [0.15, 0.2) is 0 Å². The van der Waals surface area contributed by atoms with Crippen LogP contribution in [0.5, 0.6) is 0 Å². The maximum absolute atomic E-state index is 12.6. The number of hydrogen-bond acceptors (Lipinski definition) is 7. The molecule has 0 unspecified atom stereocenters. The number of anilines is 1. The molecular formula is C19H14N2O7S2. The van der Waals surface area contributed by atoms with E-state index in [1.54, 1.807) is 19.1 Å². The van der Waals surface area contributed by atoms with Crippen LogP contribution in [-0.4, -0.2) is 49.7 Å². The maximum atomic E-state index is 12.6. The summed E-state index contributed by atoms with van der Waals surface area (Å²) in [5.41, 5.74) is -0.677. The van der Waals surface area contributed by atoms with Gasteiger partial charge in [-0.2, -0.15) is 0 Å². The molecule has 3 rings (SSSR count). The lowest BCUT2D eigenvalue weighted by Gasteiger charge is -2.15. The minimum absolute atomic E-state index is 0.155. The van der Waals surface area contributed by atoms with E-state index >= 15 is 0 Å². The van der Waals surface area contributed by atoms with Crippen molar-refractivity contribution in [3.05, 3.63) is 57.9 Å². The molecule has 1 aliphatic rings. The van der Waals surface area contributed by atoms with Crippen LogP contribution < -0.4 is 5.32 Å². The fraction of sp³-hybridized carbons (Fsp3) is 0.105. The van der Waals surface area contributed by atoms with Crippen molar-refractivity contribution in [2.24, 2.45) is 0 Å². The minimum Gasteiger partial charge on any atom is -0.478 e. The molecule has 2 aromatic rings. The van der Waals surface area contributed by atoms with Crippen LogP contribution in [-0.2, 0) is 9.59 Å². The maximum Gasteiger partial charge on any atom is 0.337 e. The molecule has 1 aromatic heterocycles. The van der Waals surface area contributed by atoms with E-state index in [2.05, 4.69) is 5.32 Å². The third kappa shape index (κ3) is 4.58. The number of amides is 2. The highest BCUT2D eigenvalue weighted by Crippen LogP contribution is 2.32. The molecule has 1 aliphatic heterocycles. The van der Waals surface area contributed by atoms with Crippen molar-refractivity contribution >= 4 is 63.8 Å². The van der Waals surface area contributed by atoms with Gasteiger partial charge >= 0.3 is 11.9 Å². The summed E-state index contributed by atoms with van der Waals surface area (Å²) in [6, 6.07) is 6.66. The Morgan fingerprint density at radius 3 is 2.53 bits per heavy atom. The number of thiocarbonyl (C=S) groups is 1. The Labute approximate surface area is 179 Å². The van der Waals surface area contributed by atoms with Gasteiger partial charge in [0.1, 0.15) is 22.4 Å². The van der Waals surface area contributed by atoms with Gasteiger partial charge in [0.05, 0.1) is 21.7 Å². The number of rotatable bonds is 6. The molecule has 1 saturated heterocycles. The predicted octanol–water partition coefficient (Wildman–Crippen LogP) is 2.82. The standard InChI is InChI=1S/C19H14N2O7S2/c1-9-2-4-11(28-9)7-14-16(23)21(19(29)30-14)8-15(22)20-13-6-10(17(24)25)3-5-12(13)18(26)27/h2-7H,8H2,1H3,(H,20,22)(H,24,25)(H,26,27)/b14-7-. The van der Waals surface area contributed by atoms with Crippen LogP contribution in [0, 0.1) is 6.92 Å². The third-order valence-electron chi connectivity index (χ3n) is 3.98. The molecule has 0 saturated carbocycles. The van der Waals surface area contributed by atoms with E-state index in [1.807, 2.05) is 0 Å². The highest BCUT2D eigenvalue weighted by molar-refractivity contribution is 8.26. The third-order valence-corrected chi connectivity index (χ3v) is 5.36. The van der Waals surface area contributed by atoms with Gasteiger partial charge < -0.3 is 19.9 Å². The highest BCUT2D eigenvalue weighted by Gasteiger charge is 2.34. The number of nitrogens with one attached hydrogen (secondary N) is 1. The molecule has 9 nitrogen and oxygen atoms in total. The first-order valence-corrected chi connectivity index (χ1v) is 9.60. The summed E-state index contributed by atoms with van der Waals surface area (Å²) in [6.07, 6.45) is 1.52. The fourth-order valence-corrected chi connectivity index (χ4v) is 3.83. The Balaban J connectivity index is 1.76. The summed E-state index contributed by atoms with van der Waals surface area (Å²) in [7, 11) is 0. The number of thioether (sulfide) groups is 1. The Bertz CT molecular complexity index is 1120. The van der Waals surface area contributed by atoms with E-state index in [9.17, 15) is 24.3 Å². The molecule has 1 aromatic carbocycles. The van der Waals surface area contributed by atoms with E-state index in [4.69, 9.17) is 21.7 Å². The molecule has 0 aliphatic carbocycles. The topological polar surface area (TPSA) is 137 Å². The van der Waals surface area contributed by atoms with Crippen molar-refractivity contribution in [3.63, 3.8) is 0 Å². The van der Waals surface area contributed by atoms with E-state index in [0.717, 1.165) is 34.9 Å². The summed E-state index contributed by atoms with van der Waals surface area (Å²) < 4.78 is 5.56. The molecule has 0 atom stereocenters. The van der Waals surface area contributed by atoms with Crippen LogP contribution in [0.15, 0.2) is 39.7 Å². The zero-order valence-corrected chi connectivity index (χ0v) is 17.0. The van der Waals surface area contributed by atoms with Gasteiger partial charge in [-0.15, -0.1) is 0 Å². The number of benzene rings is 1. The zero-order chi connectivity index (χ0) is 22.0. The lowest BCUT2D eigenvalue weighted by Crippen LogP contribution is -2.36. The van der Waals surface area contributed by atoms with E-state index in [0.29, 0.717) is 11.5 Å². The fourth-order valence-electron chi connectivity index (χ4n) is 2.60. The first-order chi connectivity index (χ1) is 14.2. The average Bonchev–Trinajstić information content (AvgIpc) is 3.19. The van der Waals surface area contributed by atoms with Crippen molar-refractivity contribution in [1.29, 1.82) is 0 Å². The SMILES string of the molecule is Cc1ccc(/C=C2\SC(=S)N(CC(=O)Nc3cc(C(=O)O)ccc3C(=O)O)C2=O)o1. The minimum atomic E-state index is -1.34. The first kappa shape index (κ1) is 21.3. The molecule has 3 N–H and O–H groups in total. The summed E-state index contributed by atoms with van der Waals surface area (Å²) >= 11 is 6.17. The largest absolute Gasteiger partial charge is 0.478 e. The molecule has 2 amide bonds. The smallest absolute Gasteiger partial charge is 0.337 e. The van der Waals surface area contributed by atoms with Gasteiger partial charge in [-0.25, -0.2) is 9.59 Å². The second kappa shape index (κ2) is 8.51. The van der Waals surface area contributed by atoms with Gasteiger partial charge in [-0.1, -0.05) is 24.0 Å². The Morgan fingerprint density at radius 1 is 1.20 bits per heavy atom. The van der Waals surface area contributed by atoms with Crippen LogP contribution >= 0.6 is 24.0 Å². The lowest BCUT2D eigenvalue weighted by molar-refractivity contribution is -0.126. The van der Waals surface area contributed by atoms with Crippen molar-refractivity contribution < 1.29 is 33.8 Å². The van der Waals surface area contributed by atoms with Gasteiger partial charge in [0, 0.05) is 6.08 Å². The zero-order valence-electron chi connectivity index (χ0n) is 15.4. The van der Waals surface area contributed by atoms with Crippen molar-refractivity contribution in [2.45, 2.75) is 6.92 Å². The van der Waals surface area contributed by atoms with Crippen molar-refractivity contribution in [1.82, 2.24) is 4.90 Å². The van der Waals surface area contributed by atoms with Crippen LogP contribution in [0.4, 0.5) is 5.69 Å². The number of carbonyl (C=O) groups excluding carboxylic acids is 2. The van der Waals surface area contributed by atoms with Crippen LogP contribution in [0.25, 0.3) is 6.08 Å². The average molecular weight is 446 g/mol. The number of furan rings is 1. The second-order valence-electron chi connectivity index (χ2n) is 6.14. The number of hydrogen-bond donors (Lipinski definition) is 3. The predicted molar refractivity (Wildman–Crippen MR) is 112 cm³/mol. The molecule has 30 heavy (non-hydrogen) atoms. The van der Waals surface area contributed by atoms with E-state index in [-0.39, 0.29) is 26.0 Å². The van der Waals surface area contributed by atoms with Gasteiger partial charge in [0.2, 0.25) is 5.91 Å². The second-order valence-corrected chi connectivity index (χ2v) is 7.81. The van der Waals surface area contributed by atoms with Crippen LogP contribution in [0.2, 0.25) is 0 Å². The Kier molecular flexibility index (Phi) is 6.04. The highest BCUT2D eigenvalue weighted by atomic mass is 32.2. The monoisotopic (exact) mass is 446 g/mol. The quantitative estimate of drug-likeness (QED) is 0.452. The molecule has 1 fully saturated rings. The van der Waals surface area contributed by atoms with Crippen molar-refractivity contribution in [3.8, 4) is 0 Å². The Hall–Kier alpha value is -3.44. The molecule has 154 valence electrons. The Morgan fingerprint density at radius 2 is 1.93 bits per heavy atom. The number of carboxylic acids is 2. The molecule has 0 spiro atoms. The van der Waals surface area contributed by atoms with E-state index < -0.39 is 30.3 Å². The number of nitrogens with zero attached hydrogens (tertiary/aromatic N) is 1. The number of carboxylic acid groups (broad SMARTS) is 2. The summed E-state index contributed by atoms with van der Waals surface area (Å²) in [4.78, 5) is 48.8. The first-order valence-electron chi connectivity index (χ1n) is 8.38. The number of carbonyl (C=O) groups is 4. The van der Waals surface area contributed by atoms with Crippen LogP contribution in [0.1, 0.15) is 32.2 Å². The van der Waals surface area contributed by atoms with Crippen molar-refractivity contribution in [2.75, 3.05) is 11.9 Å². The van der Waals surface area contributed by atoms with Gasteiger partial charge in [-0.05, 0) is 37.3 Å². The summed E-state index contributed by atoms with van der Waals surface area (Å²) in [5, 5.41) is 20.7. The molecule has 11 heteroatoms. The number of aryl methyl sites for hydroxylation is 1. The molecule has 0 radical (unpaired) electrons. The molecule has 0 bridgehead atoms. The normalized spacial score (nSPS) is 15.0. The van der Waals surface area contributed by atoms with Gasteiger partial charge in [-0.3, -0.25) is 14.5 Å². The summed E-state index contributed by atoms with van der Waals surface area (Å²) in [6.45, 7) is 1.30. The summed E-state index contributed by atoms with van der Waals surface area (Å²) in [5.74, 6) is -2.71. The van der Waals surface area contributed by atoms with E-state index in [1.165, 1.54) is 6.08 Å². The lowest BCUT2D eigenvalue weighted by atomic mass is 10.1. The van der Waals surface area contributed by atoms with Gasteiger partial charge in [0.25, 0.3) is 5.91 Å². The molecular weight excluding hydrogens is 432 g/mol. The molecule has 2 heterocycles. The number of aromatic carboxylic acids is 2. The van der Waals surface area contributed by atoms with Crippen LogP contribution in [0.3, 0.4) is 0 Å².